The number of aromatic amines is 1. The summed E-state index contributed by atoms with van der Waals surface area (Å²) >= 11 is 0. The summed E-state index contributed by atoms with van der Waals surface area (Å²) in [6.45, 7) is 19.3. The number of morpholine rings is 2. The normalized spacial score (nSPS) is 21.2. The lowest BCUT2D eigenvalue weighted by atomic mass is 9.91. The van der Waals surface area contributed by atoms with Crippen LogP contribution < -0.4 is 24.8 Å². The number of carbonyl (C=O) groups is 6. The van der Waals surface area contributed by atoms with E-state index in [1.165, 1.54) is 9.80 Å². The Hall–Kier alpha value is -8.45. The van der Waals surface area contributed by atoms with E-state index in [0.29, 0.717) is 76.0 Å². The minimum absolute atomic E-state index is 0.0560. The smallest absolute Gasteiger partial charge is 0.410 e. The summed E-state index contributed by atoms with van der Waals surface area (Å²) in [4.78, 5) is 87.0. The molecule has 0 spiro atoms. The number of aromatic hydroxyl groups is 1. The lowest BCUT2D eigenvalue weighted by Gasteiger charge is -2.40. The molecule has 4 unspecified atom stereocenters. The maximum atomic E-state index is 13.5. The molecule has 0 radical (unpaired) electrons. The maximum Gasteiger partial charge on any atom is 0.410 e. The van der Waals surface area contributed by atoms with Crippen molar-refractivity contribution in [3.63, 3.8) is 0 Å². The van der Waals surface area contributed by atoms with Crippen LogP contribution in [0.25, 0.3) is 0 Å². The predicted octanol–water partition coefficient (Wildman–Crippen LogP) is 7.40. The monoisotopic (exact) mass is 1280 g/mol. The number of phenolic OH excluding ortho intramolecular Hbond substituents is 1. The van der Waals surface area contributed by atoms with E-state index in [-0.39, 0.29) is 90.5 Å². The Kier molecular flexibility index (Phi) is 20.9. The van der Waals surface area contributed by atoms with Crippen LogP contribution in [0, 0.1) is 6.92 Å². The van der Waals surface area contributed by atoms with E-state index in [2.05, 4.69) is 20.8 Å². The van der Waals surface area contributed by atoms with Gasteiger partial charge in [-0.25, -0.2) is 9.59 Å². The second kappa shape index (κ2) is 28.8. The molecule has 24 nitrogen and oxygen atoms in total. The average Bonchev–Trinajstić information content (AvgIpc) is 1.61. The Bertz CT molecular complexity index is 3510. The zero-order valence-corrected chi connectivity index (χ0v) is 54.5. The molecule has 4 saturated heterocycles. The van der Waals surface area contributed by atoms with Crippen molar-refractivity contribution in [2.45, 2.75) is 180 Å². The maximum absolute atomic E-state index is 13.5. The Morgan fingerprint density at radius 1 is 0.602 bits per heavy atom. The Morgan fingerprint density at radius 2 is 1.04 bits per heavy atom. The third-order valence-electron chi connectivity index (χ3n) is 17.6. The first-order chi connectivity index (χ1) is 44.4. The quantitative estimate of drug-likeness (QED) is 0.0528. The number of nitrogens with one attached hydrogen (secondary N) is 3. The summed E-state index contributed by atoms with van der Waals surface area (Å²) in [6, 6.07) is 19.2. The number of carbonyl (C=O) groups excluding carboxylic acids is 6. The topological polar surface area (TPSA) is 293 Å². The van der Waals surface area contributed by atoms with E-state index < -0.39 is 59.5 Å². The van der Waals surface area contributed by atoms with Gasteiger partial charge in [0, 0.05) is 37.3 Å². The van der Waals surface area contributed by atoms with Crippen molar-refractivity contribution >= 4 is 35.8 Å². The van der Waals surface area contributed by atoms with Gasteiger partial charge in [-0.3, -0.25) is 34.1 Å². The van der Waals surface area contributed by atoms with Crippen LogP contribution in [0.15, 0.2) is 79.0 Å². The van der Waals surface area contributed by atoms with Gasteiger partial charge in [-0.15, -0.1) is 0 Å². The minimum Gasteiger partial charge on any atom is -0.508 e. The number of aliphatic hydroxyl groups excluding tert-OH is 2. The number of rotatable bonds is 17. The van der Waals surface area contributed by atoms with E-state index >= 15 is 0 Å². The van der Waals surface area contributed by atoms with Crippen LogP contribution in [0.1, 0.15) is 156 Å². The van der Waals surface area contributed by atoms with Crippen molar-refractivity contribution in [2.75, 3.05) is 52.7 Å². The molecule has 4 fully saturated rings. The van der Waals surface area contributed by atoms with E-state index in [1.807, 2.05) is 41.8 Å². The Labute approximate surface area is 542 Å². The molecule has 6 aliphatic rings. The number of aliphatic hydroxyl groups is 2. The summed E-state index contributed by atoms with van der Waals surface area (Å²) in [7, 11) is 0. The number of H-pyrrole nitrogens is 1. The second-order valence-electron chi connectivity index (χ2n) is 26.6. The number of hydrogen-bond acceptors (Lipinski definition) is 17. The summed E-state index contributed by atoms with van der Waals surface area (Å²) < 4.78 is 40.2. The van der Waals surface area contributed by atoms with Crippen molar-refractivity contribution in [1.82, 2.24) is 40.4 Å². The SMILES string of the molecule is CCOc1cc(C(=O)N2C3CCC2COC3)ccc1C(=O)NC[C@@H](O)[C@@H]1Cc2ccc(O)cc2CN1C(=O)OC(C)(C)C.CCOc1cc(C(=O)N2C3CCC2COC3)ccc1C(=O)NC[C@@H](O)[C@@H]1Cc2ccc(OCc3[nH]ncc3C)cc2CN1C(=O)OC(C)(C)C. The zero-order chi connectivity index (χ0) is 66.5. The van der Waals surface area contributed by atoms with E-state index in [4.69, 9.17) is 33.2 Å². The molecule has 1 aromatic heterocycles. The molecule has 93 heavy (non-hydrogen) atoms. The van der Waals surface area contributed by atoms with Gasteiger partial charge in [-0.1, -0.05) is 12.1 Å². The molecule has 4 aromatic carbocycles. The molecule has 0 aliphatic carbocycles. The molecule has 6 N–H and O–H groups in total. The van der Waals surface area contributed by atoms with Crippen LogP contribution >= 0.6 is 0 Å². The van der Waals surface area contributed by atoms with E-state index in [9.17, 15) is 44.1 Å². The molecule has 8 atom stereocenters. The number of ether oxygens (including phenoxy) is 7. The number of nitrogens with zero attached hydrogens (tertiary/aromatic N) is 5. The molecular formula is C69H88N8O16. The van der Waals surface area contributed by atoms with Gasteiger partial charge in [-0.2, -0.15) is 5.10 Å². The van der Waals surface area contributed by atoms with E-state index in [1.54, 1.807) is 109 Å². The number of fused-ring (bicyclic) bond motifs is 6. The highest BCUT2D eigenvalue weighted by molar-refractivity contribution is 6.01. The number of benzene rings is 4. The Morgan fingerprint density at radius 3 is 1.46 bits per heavy atom. The van der Waals surface area contributed by atoms with Crippen LogP contribution in [0.5, 0.6) is 23.0 Å². The van der Waals surface area contributed by atoms with Gasteiger partial charge in [-0.05, 0) is 189 Å². The Balaban J connectivity index is 0.000000206. The van der Waals surface area contributed by atoms with Gasteiger partial charge < -0.3 is 68.9 Å². The fraction of sp³-hybridized carbons (Fsp3) is 0.522. The van der Waals surface area contributed by atoms with Gasteiger partial charge in [0.1, 0.15) is 40.8 Å². The van der Waals surface area contributed by atoms with Crippen LogP contribution in [-0.2, 0) is 51.5 Å². The third-order valence-corrected chi connectivity index (χ3v) is 17.6. The number of aryl methyl sites for hydroxylation is 1. The molecule has 5 aromatic rings. The van der Waals surface area contributed by atoms with Crippen LogP contribution in [-0.4, -0.2) is 193 Å². The molecule has 0 saturated carbocycles. The van der Waals surface area contributed by atoms with Crippen molar-refractivity contribution in [1.29, 1.82) is 0 Å². The van der Waals surface area contributed by atoms with Gasteiger partial charge in [0.15, 0.2) is 0 Å². The van der Waals surface area contributed by atoms with Crippen molar-refractivity contribution < 1.29 is 77.2 Å². The highest BCUT2D eigenvalue weighted by Gasteiger charge is 2.44. The first-order valence-electron chi connectivity index (χ1n) is 32.2. The number of hydrogen-bond donors (Lipinski definition) is 6. The van der Waals surface area contributed by atoms with Gasteiger partial charge >= 0.3 is 12.2 Å². The van der Waals surface area contributed by atoms with Crippen LogP contribution in [0.3, 0.4) is 0 Å². The molecule has 6 amide bonds. The highest BCUT2D eigenvalue weighted by Crippen LogP contribution is 2.36. The standard InChI is InChI=1S/C37H47N5O8.C32H41N3O8/c1-6-48-33-15-24(35(45)42-26-9-10-27(42)20-47-19-26)8-12-29(33)34(44)38-17-32(43)31-14-23-7-11-28(49-21-30-22(2)16-39-40-30)13-25(23)18-41(31)36(46)50-37(3,4)5;1-5-42-28-14-20(30(39)35-22-8-9-23(35)18-41-17-22)7-11-25(28)29(38)33-15-27(37)26-13-19-6-10-24(36)12-21(19)16-34(26)31(40)43-32(2,3)4/h7-8,11-13,15-16,26-27,31-32,43H,6,9-10,14,17-21H2,1-5H3,(H,38,44)(H,39,40);6-7,10-12,14,22-23,26-27,36-37H,5,8-9,13,15-18H2,1-4H3,(H,33,38)/t26?,27?,31-,32+;22?,23?,26-,27+/m00/s1. The van der Waals surface area contributed by atoms with E-state index in [0.717, 1.165) is 59.2 Å². The lowest BCUT2D eigenvalue weighted by Crippen LogP contribution is -2.54. The molecule has 7 heterocycles. The second-order valence-corrected chi connectivity index (χ2v) is 26.6. The van der Waals surface area contributed by atoms with Crippen molar-refractivity contribution in [2.24, 2.45) is 0 Å². The molecular weight excluding hydrogens is 1200 g/mol. The third kappa shape index (κ3) is 16.0. The average molecular weight is 1290 g/mol. The van der Waals surface area contributed by atoms with Crippen LogP contribution in [0.2, 0.25) is 0 Å². The van der Waals surface area contributed by atoms with Gasteiger partial charge in [0.05, 0.1) is 111 Å². The summed E-state index contributed by atoms with van der Waals surface area (Å²) in [5.74, 6) is 0.150. The summed E-state index contributed by atoms with van der Waals surface area (Å²) in [5, 5.41) is 45.3. The molecule has 11 rings (SSSR count). The molecule has 24 heteroatoms. The lowest BCUT2D eigenvalue weighted by molar-refractivity contribution is -0.0118. The highest BCUT2D eigenvalue weighted by atomic mass is 16.6. The first-order valence-corrected chi connectivity index (χ1v) is 32.2. The predicted molar refractivity (Wildman–Crippen MR) is 340 cm³/mol. The number of aromatic nitrogens is 2. The molecule has 4 bridgehead atoms. The number of phenols is 1. The van der Waals surface area contributed by atoms with Gasteiger partial charge in [0.2, 0.25) is 0 Å². The molecule has 6 aliphatic heterocycles. The largest absolute Gasteiger partial charge is 0.508 e. The van der Waals surface area contributed by atoms with Crippen molar-refractivity contribution in [3.8, 4) is 23.0 Å². The minimum atomic E-state index is -1.12. The fourth-order valence-corrected chi connectivity index (χ4v) is 13.0. The van der Waals surface area contributed by atoms with Crippen molar-refractivity contribution in [3.05, 3.63) is 135 Å². The first kappa shape index (κ1) is 67.4. The zero-order valence-electron chi connectivity index (χ0n) is 54.5. The summed E-state index contributed by atoms with van der Waals surface area (Å²) in [5.41, 5.74) is 5.24. The van der Waals surface area contributed by atoms with Crippen LogP contribution in [0.4, 0.5) is 9.59 Å². The number of amides is 6. The van der Waals surface area contributed by atoms with Gasteiger partial charge in [0.25, 0.3) is 23.6 Å². The summed E-state index contributed by atoms with van der Waals surface area (Å²) in [6.07, 6.45) is 2.66. The molecule has 500 valence electrons. The fourth-order valence-electron chi connectivity index (χ4n) is 13.0.